The monoisotopic (exact) mass is 619 g/mol. The Hall–Kier alpha value is -2.91. The minimum absolute atomic E-state index is 0.0339. The van der Waals surface area contributed by atoms with Crippen LogP contribution in [0.2, 0.25) is 0 Å². The molecule has 3 aliphatic heterocycles. The maximum Gasteiger partial charge on any atom is 0.434 e. The van der Waals surface area contributed by atoms with E-state index in [9.17, 15) is 54.2 Å². The smallest absolute Gasteiger partial charge is 0.434 e. The number of amides is 1. The van der Waals surface area contributed by atoms with Gasteiger partial charge >= 0.3 is 30.6 Å². The number of likely N-dealkylation sites (tertiary alicyclic amines) is 2. The minimum Gasteiger partial charge on any atom is -0.481 e. The standard InChI is InChI=1S/C26H30F9N3O4/c1-22(20(39)40)4-8-37(15-22)18-12-16(11-17(13-18)24(27,28)29)14-38-7-2-3-23(38)5-9-36(10-6-23)21(41)42-19(25(30,31)32)26(33,34)35/h11-13,19H,2-10,14-15H2,1H3,(H,39,40). The van der Waals surface area contributed by atoms with Gasteiger partial charge in [0.2, 0.25) is 0 Å². The summed E-state index contributed by atoms with van der Waals surface area (Å²) in [6.45, 7) is 2.02. The molecular weight excluding hydrogens is 589 g/mol. The molecule has 16 heteroatoms. The minimum atomic E-state index is -5.84. The van der Waals surface area contributed by atoms with Gasteiger partial charge in [0.1, 0.15) is 0 Å². The van der Waals surface area contributed by atoms with Crippen molar-refractivity contribution in [3.8, 4) is 0 Å². The van der Waals surface area contributed by atoms with Crippen molar-refractivity contribution < 1.29 is 58.9 Å². The highest BCUT2D eigenvalue weighted by molar-refractivity contribution is 5.76. The van der Waals surface area contributed by atoms with Crippen molar-refractivity contribution in [1.29, 1.82) is 0 Å². The highest BCUT2D eigenvalue weighted by Crippen LogP contribution is 2.42. The summed E-state index contributed by atoms with van der Waals surface area (Å²) in [7, 11) is 0. The molecule has 3 saturated heterocycles. The number of rotatable bonds is 5. The number of carboxylic acids is 1. The summed E-state index contributed by atoms with van der Waals surface area (Å²) < 4.78 is 122. The zero-order chi connectivity index (χ0) is 31.3. The van der Waals surface area contributed by atoms with Crippen LogP contribution in [0.1, 0.15) is 50.2 Å². The Morgan fingerprint density at radius 2 is 1.52 bits per heavy atom. The molecule has 0 aliphatic carbocycles. The molecule has 0 radical (unpaired) electrons. The largest absolute Gasteiger partial charge is 0.481 e. The third kappa shape index (κ3) is 6.67. The van der Waals surface area contributed by atoms with Crippen LogP contribution in [0, 0.1) is 5.41 Å². The maximum absolute atomic E-state index is 13.8. The number of carboxylic acid groups (broad SMARTS) is 1. The van der Waals surface area contributed by atoms with Gasteiger partial charge in [0.25, 0.3) is 6.10 Å². The topological polar surface area (TPSA) is 73.3 Å². The first-order chi connectivity index (χ1) is 19.2. The number of carbonyl (C=O) groups is 2. The van der Waals surface area contributed by atoms with Crippen LogP contribution in [0.3, 0.4) is 0 Å². The third-order valence-electron chi connectivity index (χ3n) is 8.54. The molecular formula is C26H30F9N3O4. The molecule has 236 valence electrons. The van der Waals surface area contributed by atoms with Crippen molar-refractivity contribution in [1.82, 2.24) is 9.80 Å². The predicted octanol–water partition coefficient (Wildman–Crippen LogP) is 6.07. The van der Waals surface area contributed by atoms with E-state index in [1.807, 2.05) is 4.90 Å². The Morgan fingerprint density at radius 1 is 0.905 bits per heavy atom. The van der Waals surface area contributed by atoms with Gasteiger partial charge in [0.15, 0.2) is 0 Å². The van der Waals surface area contributed by atoms with Crippen molar-refractivity contribution in [3.05, 3.63) is 29.3 Å². The molecule has 7 nitrogen and oxygen atoms in total. The summed E-state index contributed by atoms with van der Waals surface area (Å²) in [5.74, 6) is -1.04. The van der Waals surface area contributed by atoms with Gasteiger partial charge in [-0.05, 0) is 69.3 Å². The van der Waals surface area contributed by atoms with Crippen LogP contribution in [0.15, 0.2) is 18.2 Å². The molecule has 1 aromatic rings. The van der Waals surface area contributed by atoms with Gasteiger partial charge in [-0.2, -0.15) is 39.5 Å². The summed E-state index contributed by atoms with van der Waals surface area (Å²) in [6, 6.07) is 3.58. The van der Waals surface area contributed by atoms with E-state index in [0.29, 0.717) is 24.9 Å². The van der Waals surface area contributed by atoms with Crippen LogP contribution < -0.4 is 4.90 Å². The van der Waals surface area contributed by atoms with Crippen LogP contribution in [0.5, 0.6) is 0 Å². The molecule has 4 rings (SSSR count). The number of hydrogen-bond donors (Lipinski definition) is 1. The zero-order valence-corrected chi connectivity index (χ0v) is 22.5. The number of benzene rings is 1. The van der Waals surface area contributed by atoms with Gasteiger partial charge in [-0.3, -0.25) is 9.69 Å². The molecule has 1 aromatic carbocycles. The van der Waals surface area contributed by atoms with E-state index in [2.05, 4.69) is 4.74 Å². The highest BCUT2D eigenvalue weighted by Gasteiger charge is 2.60. The quantitative estimate of drug-likeness (QED) is 0.404. The number of nitrogens with zero attached hydrogens (tertiary/aromatic N) is 3. The van der Waals surface area contributed by atoms with E-state index in [-0.39, 0.29) is 57.7 Å². The van der Waals surface area contributed by atoms with Crippen LogP contribution in [0.4, 0.5) is 50.0 Å². The molecule has 42 heavy (non-hydrogen) atoms. The second-order valence-electron chi connectivity index (χ2n) is 11.5. The summed E-state index contributed by atoms with van der Waals surface area (Å²) in [5, 5.41) is 9.53. The molecule has 0 saturated carbocycles. The van der Waals surface area contributed by atoms with Crippen LogP contribution in [-0.4, -0.2) is 83.7 Å². The number of halogens is 9. The molecule has 3 fully saturated rings. The molecule has 3 heterocycles. The van der Waals surface area contributed by atoms with Crippen molar-refractivity contribution in [2.24, 2.45) is 5.41 Å². The van der Waals surface area contributed by atoms with E-state index in [1.165, 1.54) is 6.92 Å². The van der Waals surface area contributed by atoms with Gasteiger partial charge < -0.3 is 19.6 Å². The first kappa shape index (κ1) is 32.0. The maximum atomic E-state index is 13.8. The lowest BCUT2D eigenvalue weighted by Gasteiger charge is -2.45. The summed E-state index contributed by atoms with van der Waals surface area (Å²) in [6.07, 6.45) is -20.5. The second-order valence-corrected chi connectivity index (χ2v) is 11.5. The third-order valence-corrected chi connectivity index (χ3v) is 8.54. The summed E-state index contributed by atoms with van der Waals surface area (Å²) in [4.78, 5) is 28.2. The molecule has 1 N–H and O–H groups in total. The van der Waals surface area contributed by atoms with E-state index in [4.69, 9.17) is 0 Å². The Kier molecular flexibility index (Phi) is 8.37. The van der Waals surface area contributed by atoms with E-state index >= 15 is 0 Å². The lowest BCUT2D eigenvalue weighted by atomic mass is 9.84. The average Bonchev–Trinajstić information content (AvgIpc) is 3.45. The van der Waals surface area contributed by atoms with Crippen LogP contribution in [0.25, 0.3) is 0 Å². The molecule has 3 aliphatic rings. The van der Waals surface area contributed by atoms with Crippen LogP contribution >= 0.6 is 0 Å². The Labute approximate surface area is 235 Å². The Balaban J connectivity index is 1.48. The normalized spacial score (nSPS) is 23.7. The number of ether oxygens (including phenoxy) is 1. The fraction of sp³-hybridized carbons (Fsp3) is 0.692. The van der Waals surface area contributed by atoms with E-state index in [0.717, 1.165) is 17.0 Å². The van der Waals surface area contributed by atoms with Gasteiger partial charge in [-0.1, -0.05) is 0 Å². The SMILES string of the molecule is CC1(C(=O)O)CCN(c2cc(CN3CCCC34CCN(C(=O)OC(C(F)(F)F)C(F)(F)F)CC4)cc(C(F)(F)F)c2)C1. The van der Waals surface area contributed by atoms with Crippen molar-refractivity contribution >= 4 is 17.7 Å². The van der Waals surface area contributed by atoms with Gasteiger partial charge in [0.05, 0.1) is 11.0 Å². The summed E-state index contributed by atoms with van der Waals surface area (Å²) in [5.41, 5.74) is -2.06. The number of anilines is 1. The van der Waals surface area contributed by atoms with Gasteiger partial charge in [0, 0.05) is 44.0 Å². The number of piperidine rings is 1. The van der Waals surface area contributed by atoms with Crippen molar-refractivity contribution in [3.63, 3.8) is 0 Å². The van der Waals surface area contributed by atoms with Gasteiger partial charge in [-0.15, -0.1) is 0 Å². The molecule has 0 bridgehead atoms. The lowest BCUT2D eigenvalue weighted by Crippen LogP contribution is -2.54. The first-order valence-corrected chi connectivity index (χ1v) is 13.3. The summed E-state index contributed by atoms with van der Waals surface area (Å²) >= 11 is 0. The van der Waals surface area contributed by atoms with Crippen molar-refractivity contribution in [2.75, 3.05) is 37.6 Å². The number of hydrogen-bond acceptors (Lipinski definition) is 5. The Bertz CT molecular complexity index is 1170. The second kappa shape index (κ2) is 11.0. The predicted molar refractivity (Wildman–Crippen MR) is 130 cm³/mol. The van der Waals surface area contributed by atoms with Crippen LogP contribution in [-0.2, 0) is 22.3 Å². The lowest BCUT2D eigenvalue weighted by molar-refractivity contribution is -0.308. The molecule has 0 aromatic heterocycles. The average molecular weight is 620 g/mol. The van der Waals surface area contributed by atoms with E-state index < -0.39 is 53.2 Å². The zero-order valence-electron chi connectivity index (χ0n) is 22.5. The molecule has 1 unspecified atom stereocenters. The number of alkyl halides is 9. The fourth-order valence-corrected chi connectivity index (χ4v) is 6.10. The van der Waals surface area contributed by atoms with Gasteiger partial charge in [-0.25, -0.2) is 4.79 Å². The molecule has 1 atom stereocenters. The number of aliphatic carboxylic acids is 1. The molecule has 1 spiro atoms. The highest BCUT2D eigenvalue weighted by atomic mass is 19.4. The first-order valence-electron chi connectivity index (χ1n) is 13.3. The number of carbonyl (C=O) groups excluding carboxylic acids is 1. The Morgan fingerprint density at radius 3 is 2.05 bits per heavy atom. The molecule has 1 amide bonds. The van der Waals surface area contributed by atoms with E-state index in [1.54, 1.807) is 11.0 Å². The van der Waals surface area contributed by atoms with Crippen molar-refractivity contribution in [2.45, 2.75) is 75.7 Å². The fourth-order valence-electron chi connectivity index (χ4n) is 6.10.